The van der Waals surface area contributed by atoms with E-state index in [2.05, 4.69) is 10.0 Å². The van der Waals surface area contributed by atoms with E-state index in [1.54, 1.807) is 0 Å². The first-order valence-electron chi connectivity index (χ1n) is 2.64. The summed E-state index contributed by atoms with van der Waals surface area (Å²) in [5, 5.41) is 12.2. The molecule has 1 heterocycles. The topological polar surface area (TPSA) is 78.2 Å². The Bertz CT molecular complexity index is 143. The van der Waals surface area contributed by atoms with Gasteiger partial charge >= 0.3 is 0 Å². The summed E-state index contributed by atoms with van der Waals surface area (Å²) in [4.78, 5) is 2.55. The summed E-state index contributed by atoms with van der Waals surface area (Å²) in [5.41, 5.74) is 7.94. The highest BCUT2D eigenvalue weighted by molar-refractivity contribution is 4.80. The molecular weight excluding hydrogens is 122 g/mol. The van der Waals surface area contributed by atoms with Crippen molar-refractivity contribution in [1.29, 1.82) is 0 Å². The van der Waals surface area contributed by atoms with E-state index < -0.39 is 6.10 Å². The van der Waals surface area contributed by atoms with Crippen molar-refractivity contribution in [2.45, 2.75) is 12.1 Å². The zero-order chi connectivity index (χ0) is 6.69. The Morgan fingerprint density at radius 3 is 2.89 bits per heavy atom. The number of hydrogen-bond acceptors (Lipinski definition) is 3. The summed E-state index contributed by atoms with van der Waals surface area (Å²) in [6.07, 6.45) is -0.610. The van der Waals surface area contributed by atoms with Gasteiger partial charge in [-0.3, -0.25) is 0 Å². The monoisotopic (exact) mass is 129 g/mol. The molecule has 0 aromatic rings. The largest absolute Gasteiger partial charge is 0.390 e. The molecule has 0 saturated carbocycles. The second-order valence-corrected chi connectivity index (χ2v) is 1.88. The first-order chi connectivity index (χ1) is 4.34. The van der Waals surface area contributed by atoms with Crippen LogP contribution in [0.25, 0.3) is 10.4 Å². The van der Waals surface area contributed by atoms with Crippen molar-refractivity contribution in [3.63, 3.8) is 0 Å². The fourth-order valence-electron chi connectivity index (χ4n) is 0.708. The summed E-state index contributed by atoms with van der Waals surface area (Å²) in [6.45, 7) is 0.620. The van der Waals surface area contributed by atoms with E-state index in [0.717, 1.165) is 0 Å². The van der Waals surface area contributed by atoms with E-state index in [1.807, 2.05) is 0 Å². The van der Waals surface area contributed by atoms with Crippen molar-refractivity contribution in [3.05, 3.63) is 10.4 Å². The summed E-state index contributed by atoms with van der Waals surface area (Å²) >= 11 is 0. The highest BCUT2D eigenvalue weighted by Crippen LogP contribution is 2.08. The molecule has 5 nitrogen and oxygen atoms in total. The number of azide groups is 1. The van der Waals surface area contributed by atoms with E-state index in [1.165, 1.54) is 0 Å². The molecule has 1 N–H and O–H groups in total. The summed E-state index contributed by atoms with van der Waals surface area (Å²) < 4.78 is 4.81. The van der Waals surface area contributed by atoms with Crippen molar-refractivity contribution in [2.75, 3.05) is 13.2 Å². The van der Waals surface area contributed by atoms with Gasteiger partial charge in [-0.1, -0.05) is 5.11 Å². The van der Waals surface area contributed by atoms with Crippen LogP contribution < -0.4 is 0 Å². The minimum atomic E-state index is -0.610. The van der Waals surface area contributed by atoms with Crippen LogP contribution in [0.4, 0.5) is 0 Å². The minimum Gasteiger partial charge on any atom is -0.390 e. The van der Waals surface area contributed by atoms with Crippen LogP contribution >= 0.6 is 0 Å². The fraction of sp³-hybridized carbons (Fsp3) is 1.00. The smallest absolute Gasteiger partial charge is 0.0889 e. The van der Waals surface area contributed by atoms with Gasteiger partial charge in [-0.2, -0.15) is 0 Å². The van der Waals surface area contributed by atoms with Crippen LogP contribution in [0.5, 0.6) is 0 Å². The van der Waals surface area contributed by atoms with Gasteiger partial charge in [-0.25, -0.2) is 0 Å². The van der Waals surface area contributed by atoms with E-state index in [9.17, 15) is 0 Å². The first-order valence-corrected chi connectivity index (χ1v) is 2.64. The Kier molecular flexibility index (Phi) is 1.89. The molecule has 50 valence electrons. The minimum absolute atomic E-state index is 0.281. The Morgan fingerprint density at radius 1 is 1.67 bits per heavy atom. The Labute approximate surface area is 51.9 Å². The van der Waals surface area contributed by atoms with E-state index in [0.29, 0.717) is 6.61 Å². The standard InChI is InChI=1S/C4H7N3O2/c5-7-6-3-1-9-2-4(3)8/h3-4,8H,1-2H2/t3-,4-/m1/s1. The molecule has 1 aliphatic heterocycles. The predicted molar refractivity (Wildman–Crippen MR) is 29.8 cm³/mol. The maximum absolute atomic E-state index is 8.93. The molecule has 0 aromatic carbocycles. The second kappa shape index (κ2) is 2.68. The molecule has 1 rings (SSSR count). The lowest BCUT2D eigenvalue weighted by molar-refractivity contribution is 0.125. The number of ether oxygens (including phenoxy) is 1. The van der Waals surface area contributed by atoms with Gasteiger partial charge in [0, 0.05) is 4.91 Å². The third kappa shape index (κ3) is 1.32. The molecular formula is C4H7N3O2. The van der Waals surface area contributed by atoms with E-state index >= 15 is 0 Å². The average molecular weight is 129 g/mol. The van der Waals surface area contributed by atoms with Crippen LogP contribution in [0.1, 0.15) is 0 Å². The van der Waals surface area contributed by atoms with Crippen molar-refractivity contribution < 1.29 is 9.84 Å². The van der Waals surface area contributed by atoms with Crippen molar-refractivity contribution in [1.82, 2.24) is 0 Å². The number of nitrogens with zero attached hydrogens (tertiary/aromatic N) is 3. The van der Waals surface area contributed by atoms with Crippen LogP contribution in [0.15, 0.2) is 5.11 Å². The molecule has 0 spiro atoms. The molecule has 0 aliphatic carbocycles. The highest BCUT2D eigenvalue weighted by Gasteiger charge is 2.24. The lowest BCUT2D eigenvalue weighted by Gasteiger charge is -2.01. The number of hydrogen-bond donors (Lipinski definition) is 1. The molecule has 1 aliphatic rings. The Balaban J connectivity index is 2.49. The molecule has 9 heavy (non-hydrogen) atoms. The van der Waals surface area contributed by atoms with Gasteiger partial charge in [0.15, 0.2) is 0 Å². The van der Waals surface area contributed by atoms with Crippen LogP contribution in [-0.2, 0) is 4.74 Å². The predicted octanol–water partition coefficient (Wildman–Crippen LogP) is 0.0564. The molecule has 0 bridgehead atoms. The number of rotatable bonds is 1. The summed E-state index contributed by atoms with van der Waals surface area (Å²) in [5.74, 6) is 0. The maximum atomic E-state index is 8.93. The normalized spacial score (nSPS) is 33.9. The molecule has 1 fully saturated rings. The highest BCUT2D eigenvalue weighted by atomic mass is 16.5. The number of aliphatic hydroxyl groups excluding tert-OH is 1. The molecule has 0 radical (unpaired) electrons. The fourth-order valence-corrected chi connectivity index (χ4v) is 0.708. The molecule has 5 heteroatoms. The van der Waals surface area contributed by atoms with Gasteiger partial charge in [-0.15, -0.1) is 0 Å². The lowest BCUT2D eigenvalue weighted by atomic mass is 10.2. The summed E-state index contributed by atoms with van der Waals surface area (Å²) in [6, 6.07) is -0.380. The second-order valence-electron chi connectivity index (χ2n) is 1.88. The van der Waals surface area contributed by atoms with Crippen molar-refractivity contribution in [2.24, 2.45) is 5.11 Å². The van der Waals surface area contributed by atoms with Gasteiger partial charge < -0.3 is 9.84 Å². The Hall–Kier alpha value is -0.770. The third-order valence-electron chi connectivity index (χ3n) is 1.22. The Morgan fingerprint density at radius 2 is 2.44 bits per heavy atom. The lowest BCUT2D eigenvalue weighted by Crippen LogP contribution is -2.20. The van der Waals surface area contributed by atoms with Gasteiger partial charge in [0.2, 0.25) is 0 Å². The van der Waals surface area contributed by atoms with Crippen LogP contribution in [0, 0.1) is 0 Å². The average Bonchev–Trinajstić information content (AvgIpc) is 2.18. The van der Waals surface area contributed by atoms with Crippen LogP contribution in [-0.4, -0.2) is 30.5 Å². The molecule has 2 atom stereocenters. The van der Waals surface area contributed by atoms with E-state index in [4.69, 9.17) is 15.4 Å². The van der Waals surface area contributed by atoms with Crippen molar-refractivity contribution in [3.8, 4) is 0 Å². The van der Waals surface area contributed by atoms with E-state index in [-0.39, 0.29) is 12.6 Å². The zero-order valence-electron chi connectivity index (χ0n) is 4.77. The van der Waals surface area contributed by atoms with Gasteiger partial charge in [0.1, 0.15) is 0 Å². The molecule has 0 unspecified atom stereocenters. The van der Waals surface area contributed by atoms with Crippen molar-refractivity contribution >= 4 is 0 Å². The molecule has 0 amide bonds. The van der Waals surface area contributed by atoms with Crippen LogP contribution in [0.3, 0.4) is 0 Å². The third-order valence-corrected chi connectivity index (χ3v) is 1.22. The van der Waals surface area contributed by atoms with Gasteiger partial charge in [-0.05, 0) is 5.53 Å². The SMILES string of the molecule is [N-]=[N+]=N[C@@H]1COC[C@H]1O. The first kappa shape index (κ1) is 6.35. The number of aliphatic hydroxyl groups is 1. The molecule has 0 aromatic heterocycles. The maximum Gasteiger partial charge on any atom is 0.0889 e. The molecule has 1 saturated heterocycles. The summed E-state index contributed by atoms with van der Waals surface area (Å²) in [7, 11) is 0. The van der Waals surface area contributed by atoms with Crippen LogP contribution in [0.2, 0.25) is 0 Å². The zero-order valence-corrected chi connectivity index (χ0v) is 4.77. The quantitative estimate of drug-likeness (QED) is 0.308. The van der Waals surface area contributed by atoms with Gasteiger partial charge in [0.25, 0.3) is 0 Å². The van der Waals surface area contributed by atoms with Gasteiger partial charge in [0.05, 0.1) is 25.4 Å².